The van der Waals surface area contributed by atoms with Crippen molar-refractivity contribution in [3.63, 3.8) is 0 Å². The number of halogens is 1. The monoisotopic (exact) mass is 309 g/mol. The molecule has 0 spiro atoms. The lowest BCUT2D eigenvalue weighted by Crippen LogP contribution is -2.51. The first-order valence-corrected chi connectivity index (χ1v) is 8.60. The van der Waals surface area contributed by atoms with Gasteiger partial charge in [-0.1, -0.05) is 49.4 Å². The van der Waals surface area contributed by atoms with E-state index in [4.69, 9.17) is 22.1 Å². The Balaban J connectivity index is 2.15. The van der Waals surface area contributed by atoms with Crippen molar-refractivity contribution < 1.29 is 4.74 Å². The van der Waals surface area contributed by atoms with E-state index in [2.05, 4.69) is 26.0 Å². The maximum atomic E-state index is 6.59. The smallest absolute Gasteiger partial charge is 0.0835 e. The highest BCUT2D eigenvalue weighted by molar-refractivity contribution is 6.31. The van der Waals surface area contributed by atoms with E-state index in [9.17, 15) is 0 Å². The molecule has 1 saturated carbocycles. The molecule has 1 aliphatic rings. The van der Waals surface area contributed by atoms with E-state index in [1.165, 1.54) is 31.2 Å². The molecule has 0 heterocycles. The van der Waals surface area contributed by atoms with E-state index >= 15 is 0 Å². The number of hydrogen-bond donors (Lipinski definition) is 1. The molecule has 0 aliphatic heterocycles. The molecule has 1 aromatic carbocycles. The topological polar surface area (TPSA) is 35.2 Å². The van der Waals surface area contributed by atoms with E-state index in [1.807, 2.05) is 6.07 Å². The fourth-order valence-corrected chi connectivity index (χ4v) is 3.79. The minimum absolute atomic E-state index is 0.00996. The van der Waals surface area contributed by atoms with Crippen LogP contribution in [0, 0.1) is 6.92 Å². The number of benzene rings is 1. The van der Waals surface area contributed by atoms with Crippen LogP contribution in [0.15, 0.2) is 18.2 Å². The Morgan fingerprint density at radius 1 is 1.24 bits per heavy atom. The van der Waals surface area contributed by atoms with Gasteiger partial charge in [-0.25, -0.2) is 0 Å². The molecule has 0 amide bonds. The van der Waals surface area contributed by atoms with Crippen LogP contribution in [-0.4, -0.2) is 18.2 Å². The zero-order valence-corrected chi connectivity index (χ0v) is 14.1. The van der Waals surface area contributed by atoms with Gasteiger partial charge < -0.3 is 10.5 Å². The molecule has 1 fully saturated rings. The Labute approximate surface area is 134 Å². The predicted octanol–water partition coefficient (Wildman–Crippen LogP) is 4.65. The van der Waals surface area contributed by atoms with Crippen LogP contribution in [-0.2, 0) is 11.2 Å². The van der Waals surface area contributed by atoms with E-state index in [0.29, 0.717) is 0 Å². The van der Waals surface area contributed by atoms with Crippen LogP contribution in [0.2, 0.25) is 5.02 Å². The lowest BCUT2D eigenvalue weighted by atomic mass is 9.83. The van der Waals surface area contributed by atoms with Crippen LogP contribution in [0.1, 0.15) is 56.6 Å². The Kier molecular flexibility index (Phi) is 6.09. The van der Waals surface area contributed by atoms with Crippen LogP contribution in [0.3, 0.4) is 0 Å². The van der Waals surface area contributed by atoms with Gasteiger partial charge in [-0.2, -0.15) is 0 Å². The molecule has 1 aliphatic carbocycles. The number of ether oxygens (including phenoxy) is 1. The summed E-state index contributed by atoms with van der Waals surface area (Å²) in [4.78, 5) is 0. The second kappa shape index (κ2) is 7.62. The lowest BCUT2D eigenvalue weighted by molar-refractivity contribution is -0.0683. The molecule has 118 valence electrons. The zero-order chi connectivity index (χ0) is 15.3. The first-order chi connectivity index (χ1) is 10.1. The van der Waals surface area contributed by atoms with Gasteiger partial charge in [0.2, 0.25) is 0 Å². The first kappa shape index (κ1) is 16.8. The van der Waals surface area contributed by atoms with Crippen LogP contribution in [0.5, 0.6) is 0 Å². The van der Waals surface area contributed by atoms with Gasteiger partial charge in [-0.3, -0.25) is 0 Å². The molecule has 2 nitrogen and oxygen atoms in total. The molecule has 0 radical (unpaired) electrons. The lowest BCUT2D eigenvalue weighted by Gasteiger charge is -2.38. The Bertz CT molecular complexity index is 453. The van der Waals surface area contributed by atoms with Gasteiger partial charge in [0.1, 0.15) is 0 Å². The van der Waals surface area contributed by atoms with Crippen molar-refractivity contribution in [1.29, 1.82) is 0 Å². The highest BCUT2D eigenvalue weighted by Gasteiger charge is 2.37. The highest BCUT2D eigenvalue weighted by atomic mass is 35.5. The Morgan fingerprint density at radius 2 is 1.90 bits per heavy atom. The van der Waals surface area contributed by atoms with Gasteiger partial charge in [0.05, 0.1) is 5.60 Å². The number of hydrogen-bond acceptors (Lipinski definition) is 2. The second-order valence-corrected chi connectivity index (χ2v) is 6.72. The minimum Gasteiger partial charge on any atom is -0.374 e. The summed E-state index contributed by atoms with van der Waals surface area (Å²) in [5.41, 5.74) is 8.75. The van der Waals surface area contributed by atoms with Gasteiger partial charge in [0.15, 0.2) is 0 Å². The molecule has 2 rings (SSSR count). The molecule has 2 N–H and O–H groups in total. The molecular weight excluding hydrogens is 282 g/mol. The maximum Gasteiger partial charge on any atom is 0.0835 e. The minimum atomic E-state index is -0.167. The molecule has 0 saturated heterocycles. The second-order valence-electron chi connectivity index (χ2n) is 6.32. The zero-order valence-electron chi connectivity index (χ0n) is 13.3. The van der Waals surface area contributed by atoms with Crippen LogP contribution >= 0.6 is 11.6 Å². The Hall–Kier alpha value is -0.570. The fraction of sp³-hybridized carbons (Fsp3) is 0.667. The third-order valence-corrected chi connectivity index (χ3v) is 5.06. The molecule has 1 unspecified atom stereocenters. The standard InChI is InChI=1S/C18H28ClNO/c1-3-21-18(10-6-4-5-7-11-18)17(20)13-15-9-8-14(2)12-16(15)19/h8-9,12,17H,3-7,10-11,13,20H2,1-2H3. The SMILES string of the molecule is CCOC1(C(N)Cc2ccc(C)cc2Cl)CCCCCC1. The van der Waals surface area contributed by atoms with Crippen LogP contribution < -0.4 is 5.73 Å². The molecule has 0 aromatic heterocycles. The largest absolute Gasteiger partial charge is 0.374 e. The van der Waals surface area contributed by atoms with Crippen molar-refractivity contribution in [2.24, 2.45) is 5.73 Å². The van der Waals surface area contributed by atoms with Gasteiger partial charge in [0, 0.05) is 17.7 Å². The fourth-order valence-electron chi connectivity index (χ4n) is 3.48. The van der Waals surface area contributed by atoms with Gasteiger partial charge in [0.25, 0.3) is 0 Å². The molecule has 1 atom stereocenters. The van der Waals surface area contributed by atoms with Crippen LogP contribution in [0.25, 0.3) is 0 Å². The summed E-state index contributed by atoms with van der Waals surface area (Å²) in [5, 5.41) is 0.825. The quantitative estimate of drug-likeness (QED) is 0.804. The summed E-state index contributed by atoms with van der Waals surface area (Å²) in [6, 6.07) is 6.24. The van der Waals surface area contributed by atoms with Crippen LogP contribution in [0.4, 0.5) is 0 Å². The average molecular weight is 310 g/mol. The summed E-state index contributed by atoms with van der Waals surface area (Å²) in [6.45, 7) is 4.86. The average Bonchev–Trinajstić information content (AvgIpc) is 2.69. The summed E-state index contributed by atoms with van der Waals surface area (Å²) >= 11 is 6.37. The van der Waals surface area contributed by atoms with Crippen molar-refractivity contribution in [2.75, 3.05) is 6.61 Å². The van der Waals surface area contributed by atoms with E-state index in [-0.39, 0.29) is 11.6 Å². The predicted molar refractivity (Wildman–Crippen MR) is 89.9 cm³/mol. The van der Waals surface area contributed by atoms with E-state index in [0.717, 1.165) is 36.5 Å². The van der Waals surface area contributed by atoms with Crippen molar-refractivity contribution in [3.05, 3.63) is 34.3 Å². The number of aryl methyl sites for hydroxylation is 1. The summed E-state index contributed by atoms with van der Waals surface area (Å²) in [6.07, 6.45) is 7.97. The third kappa shape index (κ3) is 4.21. The normalized spacial score (nSPS) is 20.0. The van der Waals surface area contributed by atoms with Gasteiger partial charge in [-0.05, 0) is 50.3 Å². The first-order valence-electron chi connectivity index (χ1n) is 8.22. The highest BCUT2D eigenvalue weighted by Crippen LogP contribution is 2.34. The molecule has 1 aromatic rings. The molecule has 21 heavy (non-hydrogen) atoms. The molecule has 0 bridgehead atoms. The van der Waals surface area contributed by atoms with Crippen molar-refractivity contribution in [3.8, 4) is 0 Å². The third-order valence-electron chi connectivity index (χ3n) is 4.71. The number of nitrogens with two attached hydrogens (primary N) is 1. The summed E-state index contributed by atoms with van der Waals surface area (Å²) in [7, 11) is 0. The molecule has 3 heteroatoms. The van der Waals surface area contributed by atoms with E-state index in [1.54, 1.807) is 0 Å². The van der Waals surface area contributed by atoms with Crippen molar-refractivity contribution >= 4 is 11.6 Å². The maximum absolute atomic E-state index is 6.59. The summed E-state index contributed by atoms with van der Waals surface area (Å²) in [5.74, 6) is 0. The number of rotatable bonds is 5. The van der Waals surface area contributed by atoms with Gasteiger partial charge in [-0.15, -0.1) is 0 Å². The van der Waals surface area contributed by atoms with Gasteiger partial charge >= 0.3 is 0 Å². The van der Waals surface area contributed by atoms with Crippen molar-refractivity contribution in [1.82, 2.24) is 0 Å². The van der Waals surface area contributed by atoms with E-state index < -0.39 is 0 Å². The Morgan fingerprint density at radius 3 is 2.48 bits per heavy atom. The van der Waals surface area contributed by atoms with Crippen molar-refractivity contribution in [2.45, 2.75) is 70.4 Å². The summed E-state index contributed by atoms with van der Waals surface area (Å²) < 4.78 is 6.18. The molecular formula is C18H28ClNO.